The lowest BCUT2D eigenvalue weighted by Crippen LogP contribution is -2.54. The lowest BCUT2D eigenvalue weighted by molar-refractivity contribution is -0.139. The Morgan fingerprint density at radius 1 is 0.906 bits per heavy atom. The van der Waals surface area contributed by atoms with E-state index in [0.29, 0.717) is 80.1 Å². The Kier molecular flexibility index (Phi) is 13.4. The lowest BCUT2D eigenvalue weighted by atomic mass is 9.64. The summed E-state index contributed by atoms with van der Waals surface area (Å²) in [6, 6.07) is 18.6. The van der Waals surface area contributed by atoms with Crippen molar-refractivity contribution in [3.05, 3.63) is 100 Å². The fraction of sp³-hybridized carbons (Fsp3) is 0.500. The van der Waals surface area contributed by atoms with E-state index in [4.69, 9.17) is 18.9 Å². The van der Waals surface area contributed by atoms with Gasteiger partial charge in [0, 0.05) is 43.3 Å². The first-order chi connectivity index (χ1) is 25.4. The van der Waals surface area contributed by atoms with Crippen molar-refractivity contribution in [1.29, 1.82) is 0 Å². The van der Waals surface area contributed by atoms with E-state index < -0.39 is 17.1 Å². The second-order valence-corrected chi connectivity index (χ2v) is 15.0. The maximum atomic E-state index is 14.4. The van der Waals surface area contributed by atoms with Crippen LogP contribution in [-0.4, -0.2) is 86.6 Å². The fourth-order valence-corrected chi connectivity index (χ4v) is 8.38. The van der Waals surface area contributed by atoms with Gasteiger partial charge < -0.3 is 34.1 Å². The molecule has 0 aliphatic heterocycles. The molecule has 1 fully saturated rings. The van der Waals surface area contributed by atoms with Crippen molar-refractivity contribution in [3.63, 3.8) is 0 Å². The van der Waals surface area contributed by atoms with Crippen molar-refractivity contribution in [2.45, 2.75) is 89.3 Å². The summed E-state index contributed by atoms with van der Waals surface area (Å²) in [4.78, 5) is 30.3. The smallest absolute Gasteiger partial charge is 0.227 e. The number of allylic oxidation sites excluding steroid dienone is 2. The molecule has 3 aliphatic rings. The van der Waals surface area contributed by atoms with Crippen LogP contribution in [0.4, 0.5) is 0 Å². The van der Waals surface area contributed by atoms with Crippen LogP contribution in [0, 0.1) is 5.41 Å². The van der Waals surface area contributed by atoms with Crippen LogP contribution >= 0.6 is 0 Å². The standard InChI is InChI=1S/C44H57NO8/c1-30-9-7-21-43(2)38(36-18-11-31(25-34(46)15-10-30)26-37(36)42(48)33-13-16-35(51-4)17-14-33)20-22-44(43,49)29-45(23-8-24-50-3)41(47)28-32-12-19-39(52-5)40(27-32)53-6/h9,11-14,16-19,26-27,34,38,46,49H,7-8,10,15,20-25,28-29H2,1-6H3/t34-,38-,43-,44+/m0/s1. The van der Waals surface area contributed by atoms with Crippen molar-refractivity contribution in [1.82, 2.24) is 4.90 Å². The maximum Gasteiger partial charge on any atom is 0.227 e. The van der Waals surface area contributed by atoms with E-state index in [9.17, 15) is 19.8 Å². The first-order valence-electron chi connectivity index (χ1n) is 18.8. The molecule has 3 aliphatic carbocycles. The Balaban J connectivity index is 1.54. The van der Waals surface area contributed by atoms with Crippen molar-refractivity contribution in [2.24, 2.45) is 5.41 Å². The van der Waals surface area contributed by atoms with E-state index in [1.165, 1.54) is 5.57 Å². The van der Waals surface area contributed by atoms with Crippen LogP contribution in [0.3, 0.4) is 0 Å². The number of hydrogen-bond acceptors (Lipinski definition) is 8. The molecule has 1 saturated carbocycles. The minimum Gasteiger partial charge on any atom is -0.497 e. The zero-order chi connectivity index (χ0) is 38.2. The van der Waals surface area contributed by atoms with Crippen molar-refractivity contribution < 1.29 is 38.7 Å². The normalized spacial score (nSPS) is 23.1. The monoisotopic (exact) mass is 727 g/mol. The van der Waals surface area contributed by atoms with E-state index in [2.05, 4.69) is 19.9 Å². The lowest BCUT2D eigenvalue weighted by Gasteiger charge is -2.46. The van der Waals surface area contributed by atoms with Gasteiger partial charge in [-0.2, -0.15) is 0 Å². The molecule has 9 heteroatoms. The molecular formula is C44H57NO8. The predicted octanol–water partition coefficient (Wildman–Crippen LogP) is 7.09. The summed E-state index contributed by atoms with van der Waals surface area (Å²) in [7, 11) is 6.39. The topological polar surface area (TPSA) is 115 Å². The van der Waals surface area contributed by atoms with Crippen molar-refractivity contribution in [3.8, 4) is 17.2 Å². The molecule has 0 unspecified atom stereocenters. The average Bonchev–Trinajstić information content (AvgIpc) is 3.41. The number of carbonyl (C=O) groups is 2. The van der Waals surface area contributed by atoms with Crippen LogP contribution in [0.1, 0.15) is 97.3 Å². The molecule has 286 valence electrons. The van der Waals surface area contributed by atoms with Crippen molar-refractivity contribution >= 4 is 11.7 Å². The number of aliphatic hydroxyl groups is 2. The number of hydrogen-bond donors (Lipinski definition) is 2. The zero-order valence-electron chi connectivity index (χ0n) is 32.3. The highest BCUT2D eigenvalue weighted by Crippen LogP contribution is 2.59. The highest BCUT2D eigenvalue weighted by Gasteiger charge is 2.57. The summed E-state index contributed by atoms with van der Waals surface area (Å²) >= 11 is 0. The van der Waals surface area contributed by atoms with Crippen LogP contribution in [0.5, 0.6) is 17.2 Å². The van der Waals surface area contributed by atoms with Gasteiger partial charge in [-0.15, -0.1) is 0 Å². The Hall–Kier alpha value is -4.18. The van der Waals surface area contributed by atoms with Gasteiger partial charge in [0.1, 0.15) is 5.75 Å². The average molecular weight is 728 g/mol. The minimum absolute atomic E-state index is 0.0938. The number of ether oxygens (including phenoxy) is 4. The van der Waals surface area contributed by atoms with E-state index in [1.807, 2.05) is 30.3 Å². The van der Waals surface area contributed by atoms with Gasteiger partial charge in [0.05, 0.1) is 39.5 Å². The number of carbonyl (C=O) groups excluding carboxylic acids is 2. The SMILES string of the molecule is COCCCN(C[C@]1(O)CC[C@H]2c3ccc(cc3C(=O)c3ccc(OC)cc3)C[C@@H](O)CCC(C)=CCC[C@@]21C)C(=O)Cc1ccc(OC)c(OC)c1. The molecule has 0 spiro atoms. The maximum absolute atomic E-state index is 14.4. The first-order valence-corrected chi connectivity index (χ1v) is 18.8. The number of ketones is 1. The van der Waals surface area contributed by atoms with Crippen LogP contribution in [-0.2, 0) is 22.4 Å². The van der Waals surface area contributed by atoms with Crippen molar-refractivity contribution in [2.75, 3.05) is 48.1 Å². The number of nitrogens with zero attached hydrogens (tertiary/aromatic N) is 1. The van der Waals surface area contributed by atoms with E-state index in [1.54, 1.807) is 63.7 Å². The summed E-state index contributed by atoms with van der Waals surface area (Å²) in [6.07, 6.45) is 6.78. The summed E-state index contributed by atoms with van der Waals surface area (Å²) in [6.45, 7) is 5.32. The molecule has 0 saturated heterocycles. The van der Waals surface area contributed by atoms with E-state index in [-0.39, 0.29) is 30.6 Å². The van der Waals surface area contributed by atoms with Gasteiger partial charge in [-0.3, -0.25) is 9.59 Å². The Labute approximate surface area is 314 Å². The van der Waals surface area contributed by atoms with Gasteiger partial charge in [-0.25, -0.2) is 0 Å². The molecule has 1 amide bonds. The third-order valence-corrected chi connectivity index (χ3v) is 11.7. The number of rotatable bonds is 13. The zero-order valence-corrected chi connectivity index (χ0v) is 32.3. The molecule has 4 atom stereocenters. The van der Waals surface area contributed by atoms with Crippen LogP contribution < -0.4 is 14.2 Å². The largest absolute Gasteiger partial charge is 0.497 e. The second-order valence-electron chi connectivity index (χ2n) is 15.0. The molecule has 6 rings (SSSR count). The number of methoxy groups -OCH3 is 4. The van der Waals surface area contributed by atoms with E-state index in [0.717, 1.165) is 29.5 Å². The summed E-state index contributed by atoms with van der Waals surface area (Å²) in [5.41, 5.74) is 2.99. The second kappa shape index (κ2) is 17.8. The predicted molar refractivity (Wildman–Crippen MR) is 206 cm³/mol. The van der Waals surface area contributed by atoms with Crippen LogP contribution in [0.15, 0.2) is 72.3 Å². The van der Waals surface area contributed by atoms with Gasteiger partial charge in [-0.1, -0.05) is 36.8 Å². The summed E-state index contributed by atoms with van der Waals surface area (Å²) in [5, 5.41) is 24.0. The van der Waals surface area contributed by atoms with Crippen LogP contribution in [0.2, 0.25) is 0 Å². The summed E-state index contributed by atoms with van der Waals surface area (Å²) < 4.78 is 21.6. The molecule has 2 N–H and O–H groups in total. The molecule has 0 radical (unpaired) electrons. The highest BCUT2D eigenvalue weighted by atomic mass is 16.5. The summed E-state index contributed by atoms with van der Waals surface area (Å²) in [5.74, 6) is 1.45. The number of amides is 1. The first kappa shape index (κ1) is 40.0. The Morgan fingerprint density at radius 2 is 1.66 bits per heavy atom. The van der Waals surface area contributed by atoms with Gasteiger partial charge >= 0.3 is 0 Å². The molecule has 0 heterocycles. The van der Waals surface area contributed by atoms with Gasteiger partial charge in [0.25, 0.3) is 0 Å². The molecule has 0 aromatic heterocycles. The van der Waals surface area contributed by atoms with Gasteiger partial charge in [-0.05, 0) is 123 Å². The van der Waals surface area contributed by atoms with Gasteiger partial charge in [0.15, 0.2) is 17.3 Å². The highest BCUT2D eigenvalue weighted by molar-refractivity contribution is 6.10. The molecule has 2 bridgehead atoms. The van der Waals surface area contributed by atoms with E-state index >= 15 is 0 Å². The number of aliphatic hydroxyl groups excluding tert-OH is 1. The molecule has 3 aromatic carbocycles. The molecule has 53 heavy (non-hydrogen) atoms. The molecule has 9 nitrogen and oxygen atoms in total. The molecule has 3 aromatic rings. The third-order valence-electron chi connectivity index (χ3n) is 11.7. The Bertz CT molecular complexity index is 1750. The quantitative estimate of drug-likeness (QED) is 0.109. The van der Waals surface area contributed by atoms with Crippen LogP contribution in [0.25, 0.3) is 0 Å². The Morgan fingerprint density at radius 3 is 2.36 bits per heavy atom. The van der Waals surface area contributed by atoms with Gasteiger partial charge in [0.2, 0.25) is 5.91 Å². The number of fused-ring (bicyclic) bond motifs is 8. The third kappa shape index (κ3) is 9.14. The minimum atomic E-state index is -1.24. The fourth-order valence-electron chi connectivity index (χ4n) is 8.38. The number of benzene rings is 3. The molecular weight excluding hydrogens is 670 g/mol.